The summed E-state index contributed by atoms with van der Waals surface area (Å²) >= 11 is 0. The van der Waals surface area contributed by atoms with Gasteiger partial charge in [0.2, 0.25) is 0 Å². The number of hydrogen-bond donors (Lipinski definition) is 1. The molecule has 0 aliphatic rings. The van der Waals surface area contributed by atoms with Crippen LogP contribution >= 0.6 is 0 Å². The highest BCUT2D eigenvalue weighted by Gasteiger charge is 2.30. The van der Waals surface area contributed by atoms with Crippen molar-refractivity contribution in [1.82, 2.24) is 9.97 Å². The number of nitrogens with one attached hydrogen (secondary N) is 1. The lowest BCUT2D eigenvalue weighted by Crippen LogP contribution is -2.13. The fourth-order valence-corrected chi connectivity index (χ4v) is 3.44. The zero-order valence-corrected chi connectivity index (χ0v) is 17.5. The molecule has 0 unspecified atom stereocenters. The van der Waals surface area contributed by atoms with Gasteiger partial charge in [-0.15, -0.1) is 0 Å². The standard InChI is InChI=1S/C26H20F3N3O/c27-26(28,29)20-11-9-19(10-12-20)22-4-1-2-5-23(22)25(33)32-21-13-6-18(7-14-21)8-15-24-30-16-3-17-31-24/h1-7,9-14,16-17H,8,15H2,(H,32,33). The molecule has 1 N–H and O–H groups in total. The second kappa shape index (κ2) is 9.65. The molecular weight excluding hydrogens is 427 g/mol. The van der Waals surface area contributed by atoms with Gasteiger partial charge in [0.15, 0.2) is 0 Å². The van der Waals surface area contributed by atoms with Gasteiger partial charge in [0.05, 0.1) is 5.56 Å². The first-order valence-corrected chi connectivity index (χ1v) is 10.3. The second-order valence-corrected chi connectivity index (χ2v) is 7.44. The highest BCUT2D eigenvalue weighted by molar-refractivity contribution is 6.08. The zero-order chi connectivity index (χ0) is 23.3. The SMILES string of the molecule is O=C(Nc1ccc(CCc2ncccn2)cc1)c1ccccc1-c1ccc(C(F)(F)F)cc1. The van der Waals surface area contributed by atoms with E-state index in [4.69, 9.17) is 0 Å². The molecule has 0 aliphatic heterocycles. The van der Waals surface area contributed by atoms with Crippen LogP contribution in [0, 0.1) is 0 Å². The molecular formula is C26H20F3N3O. The average molecular weight is 447 g/mol. The highest BCUT2D eigenvalue weighted by Crippen LogP contribution is 2.32. The number of anilines is 1. The Morgan fingerprint density at radius 2 is 1.45 bits per heavy atom. The van der Waals surface area contributed by atoms with E-state index >= 15 is 0 Å². The number of nitrogens with zero attached hydrogens (tertiary/aromatic N) is 2. The summed E-state index contributed by atoms with van der Waals surface area (Å²) < 4.78 is 38.6. The van der Waals surface area contributed by atoms with E-state index in [2.05, 4.69) is 15.3 Å². The number of hydrogen-bond acceptors (Lipinski definition) is 3. The molecule has 0 spiro atoms. The maximum absolute atomic E-state index is 12.9. The first-order chi connectivity index (χ1) is 15.9. The molecule has 0 bridgehead atoms. The van der Waals surface area contributed by atoms with E-state index in [9.17, 15) is 18.0 Å². The molecule has 1 amide bonds. The van der Waals surface area contributed by atoms with E-state index in [0.717, 1.165) is 29.9 Å². The molecule has 1 aromatic heterocycles. The summed E-state index contributed by atoms with van der Waals surface area (Å²) in [6, 6.07) is 20.9. The molecule has 1 heterocycles. The molecule has 166 valence electrons. The quantitative estimate of drug-likeness (QED) is 0.383. The van der Waals surface area contributed by atoms with Crippen LogP contribution in [-0.4, -0.2) is 15.9 Å². The molecule has 4 rings (SSSR count). The first-order valence-electron chi connectivity index (χ1n) is 10.3. The van der Waals surface area contributed by atoms with Crippen LogP contribution in [0.15, 0.2) is 91.3 Å². The van der Waals surface area contributed by atoms with Gasteiger partial charge in [-0.3, -0.25) is 4.79 Å². The van der Waals surface area contributed by atoms with Crippen molar-refractivity contribution in [2.24, 2.45) is 0 Å². The van der Waals surface area contributed by atoms with Crippen LogP contribution in [0.4, 0.5) is 18.9 Å². The second-order valence-electron chi connectivity index (χ2n) is 7.44. The van der Waals surface area contributed by atoms with Gasteiger partial charge >= 0.3 is 6.18 Å². The molecule has 3 aromatic carbocycles. The Morgan fingerprint density at radius 3 is 2.12 bits per heavy atom. The van der Waals surface area contributed by atoms with Gasteiger partial charge in [0, 0.05) is 30.1 Å². The Hall–Kier alpha value is -4.00. The van der Waals surface area contributed by atoms with Crippen LogP contribution < -0.4 is 5.32 Å². The molecule has 33 heavy (non-hydrogen) atoms. The number of carbonyl (C=O) groups is 1. The van der Waals surface area contributed by atoms with Crippen LogP contribution in [0.1, 0.15) is 27.3 Å². The van der Waals surface area contributed by atoms with Crippen molar-refractivity contribution in [3.63, 3.8) is 0 Å². The largest absolute Gasteiger partial charge is 0.416 e. The Bertz CT molecular complexity index is 1220. The summed E-state index contributed by atoms with van der Waals surface area (Å²) in [5.74, 6) is 0.436. The Labute approximate surface area is 189 Å². The predicted octanol–water partition coefficient (Wildman–Crippen LogP) is 6.20. The number of carbonyl (C=O) groups excluding carboxylic acids is 1. The molecule has 0 atom stereocenters. The van der Waals surface area contributed by atoms with Gasteiger partial charge in [0.1, 0.15) is 5.82 Å². The number of aromatic nitrogens is 2. The van der Waals surface area contributed by atoms with E-state index < -0.39 is 11.7 Å². The molecule has 7 heteroatoms. The molecule has 4 aromatic rings. The van der Waals surface area contributed by atoms with E-state index in [0.29, 0.717) is 28.8 Å². The zero-order valence-electron chi connectivity index (χ0n) is 17.5. The third-order valence-electron chi connectivity index (χ3n) is 5.16. The molecule has 0 saturated carbocycles. The summed E-state index contributed by atoms with van der Waals surface area (Å²) in [4.78, 5) is 21.3. The van der Waals surface area contributed by atoms with Crippen molar-refractivity contribution in [2.75, 3.05) is 5.32 Å². The summed E-state index contributed by atoms with van der Waals surface area (Å²) in [5.41, 5.74) is 2.46. The van der Waals surface area contributed by atoms with Crippen molar-refractivity contribution in [2.45, 2.75) is 19.0 Å². The molecule has 0 fully saturated rings. The van der Waals surface area contributed by atoms with Gasteiger partial charge < -0.3 is 5.32 Å². The number of alkyl halides is 3. The van der Waals surface area contributed by atoms with E-state index in [1.807, 2.05) is 24.3 Å². The van der Waals surface area contributed by atoms with E-state index in [1.165, 1.54) is 12.1 Å². The Morgan fingerprint density at radius 1 is 0.788 bits per heavy atom. The van der Waals surface area contributed by atoms with E-state index in [1.54, 1.807) is 42.7 Å². The normalized spacial score (nSPS) is 11.2. The maximum Gasteiger partial charge on any atom is 0.416 e. The van der Waals surface area contributed by atoms with Crippen molar-refractivity contribution in [3.8, 4) is 11.1 Å². The van der Waals surface area contributed by atoms with Gasteiger partial charge in [-0.1, -0.05) is 42.5 Å². The van der Waals surface area contributed by atoms with E-state index in [-0.39, 0.29) is 5.91 Å². The predicted molar refractivity (Wildman–Crippen MR) is 121 cm³/mol. The van der Waals surface area contributed by atoms with Crippen LogP contribution in [0.25, 0.3) is 11.1 Å². The first kappa shape index (κ1) is 22.2. The minimum Gasteiger partial charge on any atom is -0.322 e. The van der Waals surface area contributed by atoms with Gasteiger partial charge in [-0.25, -0.2) is 9.97 Å². The lowest BCUT2D eigenvalue weighted by molar-refractivity contribution is -0.137. The van der Waals surface area contributed by atoms with Gasteiger partial charge in [-0.05, 0) is 59.5 Å². The van der Waals surface area contributed by atoms with Crippen LogP contribution in [0.3, 0.4) is 0 Å². The molecule has 0 radical (unpaired) electrons. The topological polar surface area (TPSA) is 54.9 Å². The third-order valence-corrected chi connectivity index (χ3v) is 5.16. The lowest BCUT2D eigenvalue weighted by atomic mass is 9.98. The molecule has 0 saturated heterocycles. The number of amides is 1. The fourth-order valence-electron chi connectivity index (χ4n) is 3.44. The molecule has 0 aliphatic carbocycles. The number of benzene rings is 3. The monoisotopic (exact) mass is 447 g/mol. The Balaban J connectivity index is 1.46. The lowest BCUT2D eigenvalue weighted by Gasteiger charge is -2.12. The van der Waals surface area contributed by atoms with Crippen LogP contribution in [-0.2, 0) is 19.0 Å². The molecule has 4 nitrogen and oxygen atoms in total. The highest BCUT2D eigenvalue weighted by atomic mass is 19.4. The van der Waals surface area contributed by atoms with Crippen molar-refractivity contribution in [1.29, 1.82) is 0 Å². The van der Waals surface area contributed by atoms with Gasteiger partial charge in [0.25, 0.3) is 5.91 Å². The van der Waals surface area contributed by atoms with Crippen molar-refractivity contribution in [3.05, 3.63) is 114 Å². The maximum atomic E-state index is 12.9. The summed E-state index contributed by atoms with van der Waals surface area (Å²) in [5, 5.41) is 2.86. The number of rotatable bonds is 6. The Kier molecular flexibility index (Phi) is 6.49. The smallest absolute Gasteiger partial charge is 0.322 e. The number of aryl methyl sites for hydroxylation is 2. The van der Waals surface area contributed by atoms with Crippen molar-refractivity contribution < 1.29 is 18.0 Å². The number of halogens is 3. The van der Waals surface area contributed by atoms with Crippen LogP contribution in [0.2, 0.25) is 0 Å². The summed E-state index contributed by atoms with van der Waals surface area (Å²) in [7, 11) is 0. The summed E-state index contributed by atoms with van der Waals surface area (Å²) in [6.45, 7) is 0. The fraction of sp³-hybridized carbons (Fsp3) is 0.115. The summed E-state index contributed by atoms with van der Waals surface area (Å²) in [6.07, 6.45) is 0.505. The average Bonchev–Trinajstić information content (AvgIpc) is 2.84. The van der Waals surface area contributed by atoms with Gasteiger partial charge in [-0.2, -0.15) is 13.2 Å². The minimum absolute atomic E-state index is 0.337. The minimum atomic E-state index is -4.41. The third kappa shape index (κ3) is 5.63. The van der Waals surface area contributed by atoms with Crippen LogP contribution in [0.5, 0.6) is 0 Å². The van der Waals surface area contributed by atoms with Crippen molar-refractivity contribution >= 4 is 11.6 Å².